The Hall–Kier alpha value is -2.61. The van der Waals surface area contributed by atoms with E-state index in [-0.39, 0.29) is 23.9 Å². The van der Waals surface area contributed by atoms with Crippen molar-refractivity contribution in [2.45, 2.75) is 44.8 Å². The summed E-state index contributed by atoms with van der Waals surface area (Å²) in [4.78, 5) is 34.9. The van der Waals surface area contributed by atoms with Gasteiger partial charge >= 0.3 is 12.0 Å². The van der Waals surface area contributed by atoms with Gasteiger partial charge in [0.05, 0.1) is 5.92 Å². The summed E-state index contributed by atoms with van der Waals surface area (Å²) in [6.45, 7) is 1.64. The standard InChI is InChI=1S/C18H25N3O5/c1-11(26-2)16(22)19-14-4-3-5-15(10-14)21-18(25)20-13-8-6-12(7-9-13)17(23)24/h3-5,10-13H,6-9H2,1-2H3,(H,19,22)(H,23,24)(H2,20,21,25). The minimum Gasteiger partial charge on any atom is -0.481 e. The quantitative estimate of drug-likeness (QED) is 0.619. The number of benzene rings is 1. The highest BCUT2D eigenvalue weighted by molar-refractivity contribution is 5.95. The predicted molar refractivity (Wildman–Crippen MR) is 97.1 cm³/mol. The van der Waals surface area contributed by atoms with Crippen LogP contribution < -0.4 is 16.0 Å². The van der Waals surface area contributed by atoms with E-state index in [1.54, 1.807) is 31.2 Å². The normalized spacial score (nSPS) is 20.7. The number of carboxylic acids is 1. The second kappa shape index (κ2) is 9.19. The van der Waals surface area contributed by atoms with Gasteiger partial charge in [0.15, 0.2) is 0 Å². The van der Waals surface area contributed by atoms with E-state index in [0.717, 1.165) is 0 Å². The summed E-state index contributed by atoms with van der Waals surface area (Å²) in [5, 5.41) is 17.3. The van der Waals surface area contributed by atoms with E-state index in [1.165, 1.54) is 7.11 Å². The van der Waals surface area contributed by atoms with Crippen LogP contribution in [0.5, 0.6) is 0 Å². The van der Waals surface area contributed by atoms with Crippen LogP contribution in [0.2, 0.25) is 0 Å². The minimum absolute atomic E-state index is 0.0314. The van der Waals surface area contributed by atoms with Gasteiger partial charge in [-0.15, -0.1) is 0 Å². The van der Waals surface area contributed by atoms with Crippen molar-refractivity contribution >= 4 is 29.3 Å². The van der Waals surface area contributed by atoms with Crippen LogP contribution in [0.25, 0.3) is 0 Å². The summed E-state index contributed by atoms with van der Waals surface area (Å²) in [6.07, 6.45) is 1.86. The zero-order chi connectivity index (χ0) is 19.1. The van der Waals surface area contributed by atoms with Gasteiger partial charge in [0.1, 0.15) is 6.10 Å². The first-order valence-corrected chi connectivity index (χ1v) is 8.63. The van der Waals surface area contributed by atoms with Crippen LogP contribution in [0.15, 0.2) is 24.3 Å². The average Bonchev–Trinajstić information content (AvgIpc) is 2.61. The summed E-state index contributed by atoms with van der Waals surface area (Å²) < 4.78 is 4.96. The molecule has 2 rings (SSSR count). The fourth-order valence-electron chi connectivity index (χ4n) is 2.86. The van der Waals surface area contributed by atoms with Crippen molar-refractivity contribution in [1.29, 1.82) is 0 Å². The van der Waals surface area contributed by atoms with Crippen molar-refractivity contribution in [3.8, 4) is 0 Å². The van der Waals surface area contributed by atoms with Gasteiger partial charge < -0.3 is 25.8 Å². The van der Waals surface area contributed by atoms with E-state index in [1.807, 2.05) is 0 Å². The third kappa shape index (κ3) is 5.73. The summed E-state index contributed by atoms with van der Waals surface area (Å²) >= 11 is 0. The lowest BCUT2D eigenvalue weighted by Gasteiger charge is -2.26. The van der Waals surface area contributed by atoms with Gasteiger partial charge in [-0.05, 0) is 50.8 Å². The molecule has 0 radical (unpaired) electrons. The van der Waals surface area contributed by atoms with Crippen LogP contribution in [0, 0.1) is 5.92 Å². The molecule has 3 amide bonds. The smallest absolute Gasteiger partial charge is 0.319 e. The van der Waals surface area contributed by atoms with Crippen molar-refractivity contribution in [1.82, 2.24) is 5.32 Å². The van der Waals surface area contributed by atoms with Crippen LogP contribution in [0.1, 0.15) is 32.6 Å². The van der Waals surface area contributed by atoms with Gasteiger partial charge in [0, 0.05) is 24.5 Å². The first kappa shape index (κ1) is 19.7. The topological polar surface area (TPSA) is 117 Å². The molecule has 1 aromatic rings. The van der Waals surface area contributed by atoms with Gasteiger partial charge in [-0.1, -0.05) is 6.07 Å². The van der Waals surface area contributed by atoms with E-state index >= 15 is 0 Å². The van der Waals surface area contributed by atoms with E-state index in [2.05, 4.69) is 16.0 Å². The van der Waals surface area contributed by atoms with Crippen LogP contribution in [0.4, 0.5) is 16.2 Å². The highest BCUT2D eigenvalue weighted by Crippen LogP contribution is 2.24. The van der Waals surface area contributed by atoms with Crippen LogP contribution in [0.3, 0.4) is 0 Å². The molecule has 0 spiro atoms. The molecule has 1 atom stereocenters. The van der Waals surface area contributed by atoms with E-state index in [4.69, 9.17) is 9.84 Å². The zero-order valence-electron chi connectivity index (χ0n) is 15.0. The molecule has 8 heteroatoms. The number of anilines is 2. The number of rotatable bonds is 6. The molecule has 1 aliphatic carbocycles. The van der Waals surface area contributed by atoms with E-state index in [0.29, 0.717) is 37.1 Å². The number of carbonyl (C=O) groups is 3. The maximum atomic E-state index is 12.1. The van der Waals surface area contributed by atoms with Crippen molar-refractivity contribution in [3.05, 3.63) is 24.3 Å². The Labute approximate surface area is 152 Å². The first-order chi connectivity index (χ1) is 12.4. The van der Waals surface area contributed by atoms with Crippen molar-refractivity contribution in [2.75, 3.05) is 17.7 Å². The van der Waals surface area contributed by atoms with Crippen molar-refractivity contribution in [2.24, 2.45) is 5.92 Å². The SMILES string of the molecule is COC(C)C(=O)Nc1cccc(NC(=O)NC2CCC(C(=O)O)CC2)c1. The van der Waals surface area contributed by atoms with Crippen molar-refractivity contribution in [3.63, 3.8) is 0 Å². The van der Waals surface area contributed by atoms with Crippen LogP contribution in [-0.4, -0.2) is 42.3 Å². The maximum absolute atomic E-state index is 12.1. The van der Waals surface area contributed by atoms with Crippen LogP contribution in [-0.2, 0) is 14.3 Å². The zero-order valence-corrected chi connectivity index (χ0v) is 15.0. The predicted octanol–water partition coefficient (Wildman–Crippen LogP) is 2.42. The summed E-state index contributed by atoms with van der Waals surface area (Å²) in [6, 6.07) is 6.43. The molecular formula is C18H25N3O5. The number of methoxy groups -OCH3 is 1. The molecule has 0 heterocycles. The summed E-state index contributed by atoms with van der Waals surface area (Å²) in [7, 11) is 1.45. The molecule has 1 aromatic carbocycles. The van der Waals surface area contributed by atoms with Gasteiger partial charge in [-0.3, -0.25) is 9.59 Å². The number of carboxylic acid groups (broad SMARTS) is 1. The molecule has 1 unspecified atom stereocenters. The Balaban J connectivity index is 1.85. The molecular weight excluding hydrogens is 338 g/mol. The molecule has 0 bridgehead atoms. The maximum Gasteiger partial charge on any atom is 0.319 e. The molecule has 4 N–H and O–H groups in total. The number of nitrogens with one attached hydrogen (secondary N) is 3. The molecule has 26 heavy (non-hydrogen) atoms. The molecule has 8 nitrogen and oxygen atoms in total. The molecule has 1 saturated carbocycles. The van der Waals surface area contributed by atoms with Gasteiger partial charge in [0.25, 0.3) is 5.91 Å². The second-order valence-electron chi connectivity index (χ2n) is 6.43. The van der Waals surface area contributed by atoms with Gasteiger partial charge in [0.2, 0.25) is 0 Å². The third-order valence-electron chi connectivity index (χ3n) is 4.52. The van der Waals surface area contributed by atoms with Crippen molar-refractivity contribution < 1.29 is 24.2 Å². The number of amides is 3. The lowest BCUT2D eigenvalue weighted by Crippen LogP contribution is -2.41. The lowest BCUT2D eigenvalue weighted by molar-refractivity contribution is -0.142. The minimum atomic E-state index is -0.769. The molecule has 1 aliphatic rings. The monoisotopic (exact) mass is 363 g/mol. The number of hydrogen-bond acceptors (Lipinski definition) is 4. The first-order valence-electron chi connectivity index (χ1n) is 8.63. The Kier molecular flexibility index (Phi) is 6.97. The highest BCUT2D eigenvalue weighted by Gasteiger charge is 2.26. The van der Waals surface area contributed by atoms with E-state index in [9.17, 15) is 14.4 Å². The molecule has 0 aromatic heterocycles. The van der Waals surface area contributed by atoms with Crippen LogP contribution >= 0.6 is 0 Å². The fraction of sp³-hybridized carbons (Fsp3) is 0.500. The summed E-state index contributed by atoms with van der Waals surface area (Å²) in [5.74, 6) is -1.36. The molecule has 0 aliphatic heterocycles. The van der Waals surface area contributed by atoms with E-state index < -0.39 is 12.1 Å². The Morgan fingerprint density at radius 1 is 1.12 bits per heavy atom. The van der Waals surface area contributed by atoms with Gasteiger partial charge in [-0.25, -0.2) is 4.79 Å². The number of carbonyl (C=O) groups excluding carboxylic acids is 2. The molecule has 1 fully saturated rings. The average molecular weight is 363 g/mol. The number of hydrogen-bond donors (Lipinski definition) is 4. The number of ether oxygens (including phenoxy) is 1. The Morgan fingerprint density at radius 2 is 1.73 bits per heavy atom. The highest BCUT2D eigenvalue weighted by atomic mass is 16.5. The number of aliphatic carboxylic acids is 1. The third-order valence-corrected chi connectivity index (χ3v) is 4.52. The molecule has 142 valence electrons. The lowest BCUT2D eigenvalue weighted by atomic mass is 9.86. The largest absolute Gasteiger partial charge is 0.481 e. The second-order valence-corrected chi connectivity index (χ2v) is 6.43. The molecule has 0 saturated heterocycles. The Bertz CT molecular complexity index is 656. The fourth-order valence-corrected chi connectivity index (χ4v) is 2.86. The van der Waals surface area contributed by atoms with Gasteiger partial charge in [-0.2, -0.15) is 0 Å². The summed E-state index contributed by atoms with van der Waals surface area (Å²) in [5.41, 5.74) is 1.10. The number of urea groups is 1. The Morgan fingerprint density at radius 3 is 2.31 bits per heavy atom.